The molecular formula is C12H11FO2. The van der Waals surface area contributed by atoms with Gasteiger partial charge in [-0.2, -0.15) is 0 Å². The van der Waals surface area contributed by atoms with E-state index in [4.69, 9.17) is 4.74 Å². The number of carbonyl (C=O) groups excluding carboxylic acids is 1. The van der Waals surface area contributed by atoms with Gasteiger partial charge < -0.3 is 4.74 Å². The Morgan fingerprint density at radius 3 is 3.00 bits per heavy atom. The average Bonchev–Trinajstić information content (AvgIpc) is 2.62. The third-order valence-electron chi connectivity index (χ3n) is 2.27. The molecule has 15 heavy (non-hydrogen) atoms. The lowest BCUT2D eigenvalue weighted by Gasteiger charge is -2.01. The maximum Gasteiger partial charge on any atom is 0.306 e. The number of hydrogen-bond donors (Lipinski definition) is 0. The molecule has 3 heteroatoms. The Morgan fingerprint density at radius 2 is 2.33 bits per heavy atom. The quantitative estimate of drug-likeness (QED) is 0.695. The molecule has 0 amide bonds. The number of cyclic esters (lactones) is 1. The molecule has 1 aromatic carbocycles. The molecule has 0 N–H and O–H groups in total. The van der Waals surface area contributed by atoms with Crippen LogP contribution in [0.3, 0.4) is 0 Å². The van der Waals surface area contributed by atoms with Crippen LogP contribution < -0.4 is 0 Å². The third-order valence-corrected chi connectivity index (χ3v) is 2.27. The number of halogens is 1. The molecule has 0 saturated carbocycles. The summed E-state index contributed by atoms with van der Waals surface area (Å²) in [6, 6.07) is 6.28. The van der Waals surface area contributed by atoms with Crippen molar-refractivity contribution in [1.29, 1.82) is 0 Å². The lowest BCUT2D eigenvalue weighted by molar-refractivity contribution is -0.139. The Hall–Kier alpha value is -1.64. The summed E-state index contributed by atoms with van der Waals surface area (Å²) < 4.78 is 17.8. The van der Waals surface area contributed by atoms with Crippen LogP contribution in [-0.2, 0) is 9.53 Å². The Bertz CT molecular complexity index is 398. The van der Waals surface area contributed by atoms with Gasteiger partial charge in [-0.3, -0.25) is 4.79 Å². The van der Waals surface area contributed by atoms with Gasteiger partial charge in [0, 0.05) is 6.42 Å². The van der Waals surface area contributed by atoms with E-state index in [-0.39, 0.29) is 17.9 Å². The molecule has 1 fully saturated rings. The third kappa shape index (κ3) is 2.65. The van der Waals surface area contributed by atoms with Crippen molar-refractivity contribution in [2.45, 2.75) is 18.9 Å². The molecule has 1 aromatic rings. The van der Waals surface area contributed by atoms with Crippen LogP contribution in [0.1, 0.15) is 18.4 Å². The molecule has 0 spiro atoms. The minimum absolute atomic E-state index is 0.152. The molecule has 1 atom stereocenters. The van der Waals surface area contributed by atoms with Crippen LogP contribution in [0.25, 0.3) is 6.08 Å². The van der Waals surface area contributed by atoms with Gasteiger partial charge >= 0.3 is 5.97 Å². The lowest BCUT2D eigenvalue weighted by Crippen LogP contribution is -2.01. The van der Waals surface area contributed by atoms with Gasteiger partial charge in [-0.05, 0) is 30.2 Å². The maximum absolute atomic E-state index is 12.8. The van der Waals surface area contributed by atoms with Gasteiger partial charge in [0.2, 0.25) is 0 Å². The lowest BCUT2D eigenvalue weighted by atomic mass is 10.1. The van der Waals surface area contributed by atoms with Crippen LogP contribution in [0, 0.1) is 5.82 Å². The summed E-state index contributed by atoms with van der Waals surface area (Å²) >= 11 is 0. The largest absolute Gasteiger partial charge is 0.458 e. The standard InChI is InChI=1S/C12H11FO2/c13-10-3-1-2-9(8-10)4-5-11-6-7-12(14)15-11/h1-5,8,11H,6-7H2/b5-4+/t11-/m0/s1. The van der Waals surface area contributed by atoms with Gasteiger partial charge in [-0.25, -0.2) is 4.39 Å². The SMILES string of the molecule is O=C1CC[C@H](/C=C/c2cccc(F)c2)O1. The molecule has 78 valence electrons. The predicted octanol–water partition coefficient (Wildman–Crippen LogP) is 2.54. The van der Waals surface area contributed by atoms with Crippen LogP contribution in [0.5, 0.6) is 0 Å². The zero-order valence-corrected chi connectivity index (χ0v) is 8.15. The number of rotatable bonds is 2. The fourth-order valence-electron chi connectivity index (χ4n) is 1.51. The van der Waals surface area contributed by atoms with Crippen molar-refractivity contribution in [2.24, 2.45) is 0 Å². The second-order valence-corrected chi connectivity index (χ2v) is 3.48. The van der Waals surface area contributed by atoms with Crippen molar-refractivity contribution >= 4 is 12.0 Å². The summed E-state index contributed by atoms with van der Waals surface area (Å²) in [5.41, 5.74) is 0.776. The van der Waals surface area contributed by atoms with E-state index in [9.17, 15) is 9.18 Å². The molecule has 0 bridgehead atoms. The molecule has 1 saturated heterocycles. The molecule has 0 radical (unpaired) electrons. The summed E-state index contributed by atoms with van der Waals surface area (Å²) in [4.78, 5) is 10.8. The molecule has 0 aromatic heterocycles. The van der Waals surface area contributed by atoms with E-state index in [1.165, 1.54) is 12.1 Å². The number of hydrogen-bond acceptors (Lipinski definition) is 2. The average molecular weight is 206 g/mol. The molecule has 1 heterocycles. The molecular weight excluding hydrogens is 195 g/mol. The van der Waals surface area contributed by atoms with Crippen LogP contribution in [0.15, 0.2) is 30.3 Å². The summed E-state index contributed by atoms with van der Waals surface area (Å²) in [6.45, 7) is 0. The van der Waals surface area contributed by atoms with E-state index in [2.05, 4.69) is 0 Å². The highest BCUT2D eigenvalue weighted by Gasteiger charge is 2.20. The first-order valence-electron chi connectivity index (χ1n) is 4.87. The zero-order valence-electron chi connectivity index (χ0n) is 8.15. The van der Waals surface area contributed by atoms with Gasteiger partial charge in [-0.15, -0.1) is 0 Å². The molecule has 1 aliphatic heterocycles. The Kier molecular flexibility index (Phi) is 2.81. The smallest absolute Gasteiger partial charge is 0.306 e. The van der Waals surface area contributed by atoms with E-state index in [0.717, 1.165) is 5.56 Å². The summed E-state index contributed by atoms with van der Waals surface area (Å²) in [6.07, 6.45) is 4.59. The molecule has 1 aliphatic rings. The Balaban J connectivity index is 2.02. The molecule has 2 nitrogen and oxygen atoms in total. The van der Waals surface area contributed by atoms with E-state index in [1.54, 1.807) is 24.3 Å². The van der Waals surface area contributed by atoms with Crippen molar-refractivity contribution in [3.05, 3.63) is 41.7 Å². The predicted molar refractivity (Wildman–Crippen MR) is 54.5 cm³/mol. The molecule has 0 aliphatic carbocycles. The first-order valence-corrected chi connectivity index (χ1v) is 4.87. The number of carbonyl (C=O) groups is 1. The number of ether oxygens (including phenoxy) is 1. The van der Waals surface area contributed by atoms with Crippen molar-refractivity contribution in [3.8, 4) is 0 Å². The van der Waals surface area contributed by atoms with Gasteiger partial charge in [0.1, 0.15) is 11.9 Å². The highest BCUT2D eigenvalue weighted by atomic mass is 19.1. The zero-order chi connectivity index (χ0) is 10.7. The van der Waals surface area contributed by atoms with Crippen LogP contribution >= 0.6 is 0 Å². The van der Waals surface area contributed by atoms with Gasteiger partial charge in [0.25, 0.3) is 0 Å². The second kappa shape index (κ2) is 4.26. The van der Waals surface area contributed by atoms with Crippen molar-refractivity contribution in [3.63, 3.8) is 0 Å². The van der Waals surface area contributed by atoms with Crippen LogP contribution in [0.4, 0.5) is 4.39 Å². The monoisotopic (exact) mass is 206 g/mol. The topological polar surface area (TPSA) is 26.3 Å². The highest BCUT2D eigenvalue weighted by Crippen LogP contribution is 2.16. The number of benzene rings is 1. The fourth-order valence-corrected chi connectivity index (χ4v) is 1.51. The fraction of sp³-hybridized carbons (Fsp3) is 0.250. The minimum atomic E-state index is -0.263. The normalized spacial score (nSPS) is 20.9. The second-order valence-electron chi connectivity index (χ2n) is 3.48. The van der Waals surface area contributed by atoms with E-state index in [0.29, 0.717) is 12.8 Å². The molecule has 2 rings (SSSR count). The summed E-state index contributed by atoms with van der Waals surface area (Å²) in [5.74, 6) is -0.426. The van der Waals surface area contributed by atoms with Gasteiger partial charge in [0.05, 0.1) is 0 Å². The minimum Gasteiger partial charge on any atom is -0.458 e. The first-order chi connectivity index (χ1) is 7.24. The summed E-state index contributed by atoms with van der Waals surface area (Å²) in [7, 11) is 0. The first kappa shape index (κ1) is 9.90. The van der Waals surface area contributed by atoms with E-state index < -0.39 is 0 Å². The number of esters is 1. The maximum atomic E-state index is 12.8. The van der Waals surface area contributed by atoms with E-state index in [1.807, 2.05) is 0 Å². The van der Waals surface area contributed by atoms with E-state index >= 15 is 0 Å². The van der Waals surface area contributed by atoms with Crippen LogP contribution in [-0.4, -0.2) is 12.1 Å². The van der Waals surface area contributed by atoms with Crippen molar-refractivity contribution in [2.75, 3.05) is 0 Å². The van der Waals surface area contributed by atoms with Gasteiger partial charge in [-0.1, -0.05) is 18.2 Å². The summed E-state index contributed by atoms with van der Waals surface area (Å²) in [5, 5.41) is 0. The van der Waals surface area contributed by atoms with Crippen molar-refractivity contribution in [1.82, 2.24) is 0 Å². The highest BCUT2D eigenvalue weighted by molar-refractivity contribution is 5.72. The Morgan fingerprint density at radius 1 is 1.47 bits per heavy atom. The molecule has 0 unspecified atom stereocenters. The van der Waals surface area contributed by atoms with Gasteiger partial charge in [0.15, 0.2) is 0 Å². The van der Waals surface area contributed by atoms with Crippen molar-refractivity contribution < 1.29 is 13.9 Å². The Labute approximate surface area is 87.4 Å². The van der Waals surface area contributed by atoms with Crippen LogP contribution in [0.2, 0.25) is 0 Å².